The number of nitrogens with one attached hydrogen (secondary N) is 2. The summed E-state index contributed by atoms with van der Waals surface area (Å²) in [6.45, 7) is 5.69. The number of carbonyl (C=O) groups excluding carboxylic acids is 1. The van der Waals surface area contributed by atoms with E-state index >= 15 is 0 Å². The van der Waals surface area contributed by atoms with Crippen LogP contribution < -0.4 is 16.6 Å². The number of ether oxygens (including phenoxy) is 1. The van der Waals surface area contributed by atoms with Crippen LogP contribution in [0.4, 0.5) is 4.79 Å². The molecule has 1 unspecified atom stereocenters. The van der Waals surface area contributed by atoms with Crippen LogP contribution in [0.3, 0.4) is 0 Å². The molecule has 0 saturated carbocycles. The standard InChI is InChI=1S/C19H24ClN3O3/c1-18(2,3)26-17(24)23-22-12-13-6-4-7-14(10-13)19(21,25)15-8-5-9-16(20)11-15/h4-11,22,25H,12,21H2,1-3H3,(H,23,24). The molecule has 0 heterocycles. The van der Waals surface area contributed by atoms with Gasteiger partial charge in [0.1, 0.15) is 5.60 Å². The zero-order valence-electron chi connectivity index (χ0n) is 15.0. The molecule has 0 aromatic heterocycles. The molecule has 5 N–H and O–H groups in total. The van der Waals surface area contributed by atoms with Crippen LogP contribution in [0, 0.1) is 0 Å². The van der Waals surface area contributed by atoms with Crippen molar-refractivity contribution >= 4 is 17.7 Å². The summed E-state index contributed by atoms with van der Waals surface area (Å²) in [6.07, 6.45) is -0.567. The lowest BCUT2D eigenvalue weighted by molar-refractivity contribution is 0.0496. The summed E-state index contributed by atoms with van der Waals surface area (Å²) < 4.78 is 5.14. The van der Waals surface area contributed by atoms with E-state index in [4.69, 9.17) is 22.1 Å². The Hall–Kier alpha value is -2.12. The number of amides is 1. The van der Waals surface area contributed by atoms with Gasteiger partial charge in [-0.3, -0.25) is 11.2 Å². The topological polar surface area (TPSA) is 96.6 Å². The molecule has 0 saturated heterocycles. The molecule has 2 aromatic rings. The van der Waals surface area contributed by atoms with Crippen molar-refractivity contribution < 1.29 is 14.6 Å². The van der Waals surface area contributed by atoms with Crippen LogP contribution in [0.5, 0.6) is 0 Å². The molecule has 0 aliphatic rings. The predicted molar refractivity (Wildman–Crippen MR) is 101 cm³/mol. The summed E-state index contributed by atoms with van der Waals surface area (Å²) in [5, 5.41) is 11.2. The van der Waals surface area contributed by atoms with Crippen LogP contribution in [-0.4, -0.2) is 16.8 Å². The van der Waals surface area contributed by atoms with Crippen molar-refractivity contribution in [1.29, 1.82) is 0 Å². The lowest BCUT2D eigenvalue weighted by Crippen LogP contribution is -2.41. The van der Waals surface area contributed by atoms with Gasteiger partial charge in [0.05, 0.1) is 0 Å². The smallest absolute Gasteiger partial charge is 0.422 e. The number of aliphatic hydroxyl groups is 1. The van der Waals surface area contributed by atoms with Crippen molar-refractivity contribution in [1.82, 2.24) is 10.9 Å². The van der Waals surface area contributed by atoms with E-state index in [9.17, 15) is 9.90 Å². The summed E-state index contributed by atoms with van der Waals surface area (Å²) in [4.78, 5) is 11.6. The average Bonchev–Trinajstić information content (AvgIpc) is 2.53. The molecule has 0 aliphatic carbocycles. The molecule has 7 heteroatoms. The van der Waals surface area contributed by atoms with Gasteiger partial charge in [-0.05, 0) is 44.5 Å². The van der Waals surface area contributed by atoms with Gasteiger partial charge >= 0.3 is 6.09 Å². The van der Waals surface area contributed by atoms with Crippen molar-refractivity contribution in [3.8, 4) is 0 Å². The Morgan fingerprint density at radius 3 is 2.38 bits per heavy atom. The normalized spacial score (nSPS) is 13.8. The number of benzene rings is 2. The third-order valence-electron chi connectivity index (χ3n) is 3.51. The fraction of sp³-hybridized carbons (Fsp3) is 0.316. The fourth-order valence-corrected chi connectivity index (χ4v) is 2.52. The molecule has 0 spiro atoms. The van der Waals surface area contributed by atoms with E-state index in [0.717, 1.165) is 5.56 Å². The number of rotatable bonds is 5. The number of carbonyl (C=O) groups is 1. The van der Waals surface area contributed by atoms with Crippen LogP contribution >= 0.6 is 11.6 Å². The minimum atomic E-state index is -1.68. The second-order valence-corrected chi connectivity index (χ2v) is 7.39. The van der Waals surface area contributed by atoms with E-state index < -0.39 is 17.4 Å². The molecule has 2 rings (SSSR count). The third-order valence-corrected chi connectivity index (χ3v) is 3.75. The van der Waals surface area contributed by atoms with E-state index in [1.807, 2.05) is 6.07 Å². The molecule has 1 atom stereocenters. The first-order valence-corrected chi connectivity index (χ1v) is 8.54. The Bertz CT molecular complexity index is 773. The lowest BCUT2D eigenvalue weighted by Gasteiger charge is -2.25. The number of halogens is 1. The molecule has 6 nitrogen and oxygen atoms in total. The number of hydrazine groups is 1. The monoisotopic (exact) mass is 377 g/mol. The lowest BCUT2D eigenvalue weighted by atomic mass is 9.94. The van der Waals surface area contributed by atoms with Gasteiger partial charge in [0.2, 0.25) is 0 Å². The molecule has 0 radical (unpaired) electrons. The Labute approximate surface area is 158 Å². The molecule has 1 amide bonds. The molecule has 0 bridgehead atoms. The summed E-state index contributed by atoms with van der Waals surface area (Å²) in [5.41, 5.74) is 10.9. The highest BCUT2D eigenvalue weighted by Crippen LogP contribution is 2.26. The zero-order chi connectivity index (χ0) is 19.4. The van der Waals surface area contributed by atoms with Gasteiger partial charge in [0.15, 0.2) is 5.72 Å². The van der Waals surface area contributed by atoms with Crippen molar-refractivity contribution in [2.45, 2.75) is 38.6 Å². The van der Waals surface area contributed by atoms with Crippen molar-refractivity contribution in [2.24, 2.45) is 5.73 Å². The largest absolute Gasteiger partial charge is 0.443 e. The molecular formula is C19H24ClN3O3. The molecule has 26 heavy (non-hydrogen) atoms. The van der Waals surface area contributed by atoms with Gasteiger partial charge < -0.3 is 9.84 Å². The fourth-order valence-electron chi connectivity index (χ4n) is 2.33. The Kier molecular flexibility index (Phi) is 6.26. The van der Waals surface area contributed by atoms with E-state index in [1.165, 1.54) is 0 Å². The van der Waals surface area contributed by atoms with E-state index in [2.05, 4.69) is 10.9 Å². The van der Waals surface area contributed by atoms with Gasteiger partial charge in [-0.15, -0.1) is 0 Å². The SMILES string of the molecule is CC(C)(C)OC(=O)NNCc1cccc(C(N)(O)c2cccc(Cl)c2)c1. The van der Waals surface area contributed by atoms with Gasteiger partial charge in [0, 0.05) is 22.7 Å². The average molecular weight is 378 g/mol. The number of nitrogens with two attached hydrogens (primary N) is 1. The molecular weight excluding hydrogens is 354 g/mol. The predicted octanol–water partition coefficient (Wildman–Crippen LogP) is 3.02. The number of hydrogen-bond acceptors (Lipinski definition) is 5. The van der Waals surface area contributed by atoms with E-state index in [-0.39, 0.29) is 0 Å². The maximum atomic E-state index is 11.6. The molecule has 140 valence electrons. The Morgan fingerprint density at radius 1 is 1.15 bits per heavy atom. The summed E-state index contributed by atoms with van der Waals surface area (Å²) in [6, 6.07) is 13.9. The van der Waals surface area contributed by atoms with Crippen LogP contribution in [0.2, 0.25) is 5.02 Å². The summed E-state index contributed by atoms with van der Waals surface area (Å²) in [5.74, 6) is 0. The van der Waals surface area contributed by atoms with Crippen LogP contribution in [0.15, 0.2) is 48.5 Å². The van der Waals surface area contributed by atoms with Crippen LogP contribution in [0.25, 0.3) is 0 Å². The zero-order valence-corrected chi connectivity index (χ0v) is 15.8. The van der Waals surface area contributed by atoms with Gasteiger partial charge in [-0.1, -0.05) is 41.9 Å². The molecule has 2 aromatic carbocycles. The first-order valence-electron chi connectivity index (χ1n) is 8.16. The van der Waals surface area contributed by atoms with Crippen molar-refractivity contribution in [2.75, 3.05) is 0 Å². The second-order valence-electron chi connectivity index (χ2n) is 6.96. The highest BCUT2D eigenvalue weighted by molar-refractivity contribution is 6.30. The van der Waals surface area contributed by atoms with E-state index in [1.54, 1.807) is 63.2 Å². The van der Waals surface area contributed by atoms with Crippen molar-refractivity contribution in [3.05, 3.63) is 70.2 Å². The summed E-state index contributed by atoms with van der Waals surface area (Å²) in [7, 11) is 0. The van der Waals surface area contributed by atoms with Crippen LogP contribution in [-0.2, 0) is 17.0 Å². The van der Waals surface area contributed by atoms with Crippen LogP contribution in [0.1, 0.15) is 37.5 Å². The van der Waals surface area contributed by atoms with Gasteiger partial charge in [0.25, 0.3) is 0 Å². The Balaban J connectivity index is 2.05. The van der Waals surface area contributed by atoms with Gasteiger partial charge in [-0.25, -0.2) is 10.2 Å². The minimum absolute atomic E-state index is 0.332. The quantitative estimate of drug-likeness (QED) is 0.474. The number of hydrogen-bond donors (Lipinski definition) is 4. The maximum absolute atomic E-state index is 11.6. The first-order chi connectivity index (χ1) is 12.1. The minimum Gasteiger partial charge on any atom is -0.443 e. The third kappa shape index (κ3) is 5.71. The molecule has 0 aliphatic heterocycles. The highest BCUT2D eigenvalue weighted by Gasteiger charge is 2.26. The first kappa shape index (κ1) is 20.2. The van der Waals surface area contributed by atoms with E-state index in [0.29, 0.717) is 22.7 Å². The summed E-state index contributed by atoms with van der Waals surface area (Å²) >= 11 is 5.98. The highest BCUT2D eigenvalue weighted by atomic mass is 35.5. The van der Waals surface area contributed by atoms with Crippen molar-refractivity contribution in [3.63, 3.8) is 0 Å². The maximum Gasteiger partial charge on any atom is 0.422 e. The second kappa shape index (κ2) is 8.05. The molecule has 0 fully saturated rings. The Morgan fingerprint density at radius 2 is 1.77 bits per heavy atom. The van der Waals surface area contributed by atoms with Gasteiger partial charge in [-0.2, -0.15) is 0 Å².